The molecule has 32 heavy (non-hydrogen) atoms. The molecule has 0 fully saturated rings. The number of alkyl halides is 3. The normalized spacial score (nSPS) is 16.4. The molecule has 2 heterocycles. The van der Waals surface area contributed by atoms with Gasteiger partial charge in [-0.1, -0.05) is 17.7 Å². The van der Waals surface area contributed by atoms with E-state index < -0.39 is 47.2 Å². The molecular weight excluding hydrogens is 454 g/mol. The zero-order valence-corrected chi connectivity index (χ0v) is 17.0. The van der Waals surface area contributed by atoms with Crippen LogP contribution in [0.3, 0.4) is 0 Å². The SMILES string of the molecule is C[C@H](c1n[nH]nc1C(=O)Nc1cccc2c1[C@H](c1cc(F)ccc1Cl)NC2=O)C(F)(F)F. The van der Waals surface area contributed by atoms with Gasteiger partial charge in [-0.05, 0) is 37.3 Å². The van der Waals surface area contributed by atoms with Crippen molar-refractivity contribution in [3.05, 3.63) is 75.3 Å². The number of carbonyl (C=O) groups excluding carboxylic acids is 2. The Kier molecular flexibility index (Phi) is 5.37. The maximum Gasteiger partial charge on any atom is 0.397 e. The van der Waals surface area contributed by atoms with Crippen LogP contribution in [0.2, 0.25) is 5.02 Å². The van der Waals surface area contributed by atoms with Crippen LogP contribution in [0.25, 0.3) is 0 Å². The van der Waals surface area contributed by atoms with Gasteiger partial charge in [-0.3, -0.25) is 9.59 Å². The summed E-state index contributed by atoms with van der Waals surface area (Å²) in [5.41, 5.74) is -0.214. The third-order valence-electron chi connectivity index (χ3n) is 5.12. The van der Waals surface area contributed by atoms with Crippen molar-refractivity contribution in [1.29, 1.82) is 0 Å². The van der Waals surface area contributed by atoms with Crippen molar-refractivity contribution in [3.8, 4) is 0 Å². The highest BCUT2D eigenvalue weighted by Gasteiger charge is 2.41. The lowest BCUT2D eigenvalue weighted by Crippen LogP contribution is -2.23. The topological polar surface area (TPSA) is 99.8 Å². The summed E-state index contributed by atoms with van der Waals surface area (Å²) >= 11 is 6.19. The first-order valence-corrected chi connectivity index (χ1v) is 9.63. The van der Waals surface area contributed by atoms with Gasteiger partial charge in [0.1, 0.15) is 11.5 Å². The summed E-state index contributed by atoms with van der Waals surface area (Å²) < 4.78 is 53.2. The number of nitrogens with zero attached hydrogens (tertiary/aromatic N) is 2. The van der Waals surface area contributed by atoms with Gasteiger partial charge in [0.2, 0.25) is 0 Å². The Morgan fingerprint density at radius 2 is 1.97 bits per heavy atom. The molecule has 0 spiro atoms. The number of H-pyrrole nitrogens is 1. The molecule has 0 aliphatic carbocycles. The summed E-state index contributed by atoms with van der Waals surface area (Å²) in [5, 5.41) is 14.4. The number of benzene rings is 2. The molecule has 0 radical (unpaired) electrons. The van der Waals surface area contributed by atoms with E-state index in [2.05, 4.69) is 20.8 Å². The summed E-state index contributed by atoms with van der Waals surface area (Å²) in [4.78, 5) is 25.2. The first-order chi connectivity index (χ1) is 15.1. The maximum absolute atomic E-state index is 13.8. The lowest BCUT2D eigenvalue weighted by atomic mass is 9.96. The smallest absolute Gasteiger partial charge is 0.341 e. The van der Waals surface area contributed by atoms with Crippen molar-refractivity contribution < 1.29 is 27.2 Å². The highest BCUT2D eigenvalue weighted by Crippen LogP contribution is 2.39. The predicted molar refractivity (Wildman–Crippen MR) is 106 cm³/mol. The largest absolute Gasteiger partial charge is 0.397 e. The number of amides is 2. The molecular formula is C20H14ClF4N5O2. The number of nitrogens with one attached hydrogen (secondary N) is 3. The Morgan fingerprint density at radius 1 is 1.22 bits per heavy atom. The molecule has 0 bridgehead atoms. The third kappa shape index (κ3) is 3.79. The van der Waals surface area contributed by atoms with Crippen LogP contribution in [0.5, 0.6) is 0 Å². The van der Waals surface area contributed by atoms with Crippen LogP contribution in [0.1, 0.15) is 56.6 Å². The molecule has 4 rings (SSSR count). The van der Waals surface area contributed by atoms with Gasteiger partial charge >= 0.3 is 6.18 Å². The van der Waals surface area contributed by atoms with Crippen LogP contribution in [-0.2, 0) is 0 Å². The number of carbonyl (C=O) groups is 2. The fraction of sp³-hybridized carbons (Fsp3) is 0.200. The summed E-state index contributed by atoms with van der Waals surface area (Å²) in [6, 6.07) is 7.21. The van der Waals surface area contributed by atoms with E-state index in [9.17, 15) is 27.2 Å². The standard InChI is InChI=1S/C20H14ClF4N5O2/c1-8(20(23,24)25)15-17(29-30-28-15)19(32)26-13-4-2-3-10-14(13)16(27-18(10)31)11-7-9(22)5-6-12(11)21/h2-8,16H,1H3,(H,26,32)(H,27,31)(H,28,29,30)/t8-,16+/m1/s1. The molecule has 2 amide bonds. The molecule has 12 heteroatoms. The lowest BCUT2D eigenvalue weighted by molar-refractivity contribution is -0.147. The Labute approximate surface area is 183 Å². The molecule has 3 N–H and O–H groups in total. The average Bonchev–Trinajstić information content (AvgIpc) is 3.34. The zero-order valence-electron chi connectivity index (χ0n) is 16.2. The Hall–Kier alpha value is -3.47. The minimum Gasteiger partial charge on any atom is -0.341 e. The highest BCUT2D eigenvalue weighted by molar-refractivity contribution is 6.31. The quantitative estimate of drug-likeness (QED) is 0.497. The van der Waals surface area contributed by atoms with Gasteiger partial charge in [0.15, 0.2) is 5.69 Å². The minimum absolute atomic E-state index is 0.129. The molecule has 0 saturated heterocycles. The van der Waals surface area contributed by atoms with E-state index in [0.29, 0.717) is 5.56 Å². The van der Waals surface area contributed by atoms with E-state index in [1.807, 2.05) is 5.21 Å². The predicted octanol–water partition coefficient (Wildman–Crippen LogP) is 4.35. The van der Waals surface area contributed by atoms with Crippen molar-refractivity contribution in [2.45, 2.75) is 25.1 Å². The van der Waals surface area contributed by atoms with Gasteiger partial charge in [-0.25, -0.2) is 4.39 Å². The second-order valence-corrected chi connectivity index (χ2v) is 7.52. The Morgan fingerprint density at radius 3 is 2.69 bits per heavy atom. The van der Waals surface area contributed by atoms with Gasteiger partial charge in [0.25, 0.3) is 11.8 Å². The third-order valence-corrected chi connectivity index (χ3v) is 5.47. The maximum atomic E-state index is 13.8. The van der Waals surface area contributed by atoms with Crippen molar-refractivity contribution in [2.75, 3.05) is 5.32 Å². The van der Waals surface area contributed by atoms with Crippen LogP contribution in [0.15, 0.2) is 36.4 Å². The summed E-state index contributed by atoms with van der Waals surface area (Å²) in [7, 11) is 0. The van der Waals surface area contributed by atoms with Gasteiger partial charge in [-0.2, -0.15) is 28.6 Å². The number of hydrogen-bond acceptors (Lipinski definition) is 4. The van der Waals surface area contributed by atoms with Crippen LogP contribution in [0.4, 0.5) is 23.2 Å². The van der Waals surface area contributed by atoms with Crippen LogP contribution >= 0.6 is 11.6 Å². The molecule has 0 saturated carbocycles. The van der Waals surface area contributed by atoms with Crippen LogP contribution in [0, 0.1) is 5.82 Å². The highest BCUT2D eigenvalue weighted by atomic mass is 35.5. The van der Waals surface area contributed by atoms with Crippen LogP contribution in [-0.4, -0.2) is 33.4 Å². The van der Waals surface area contributed by atoms with Gasteiger partial charge in [-0.15, -0.1) is 0 Å². The van der Waals surface area contributed by atoms with Crippen molar-refractivity contribution in [3.63, 3.8) is 0 Å². The van der Waals surface area contributed by atoms with Crippen molar-refractivity contribution in [2.24, 2.45) is 0 Å². The molecule has 166 valence electrons. The number of hydrogen-bond donors (Lipinski definition) is 3. The summed E-state index contributed by atoms with van der Waals surface area (Å²) in [5.74, 6) is -4.05. The number of aromatic amines is 1. The summed E-state index contributed by atoms with van der Waals surface area (Å²) in [6.45, 7) is 0.861. The molecule has 1 aromatic heterocycles. The monoisotopic (exact) mass is 467 g/mol. The molecule has 3 aromatic rings. The van der Waals surface area contributed by atoms with Crippen molar-refractivity contribution in [1.82, 2.24) is 20.7 Å². The summed E-state index contributed by atoms with van der Waals surface area (Å²) in [6.07, 6.45) is -4.63. The Bertz CT molecular complexity index is 1230. The van der Waals surface area contributed by atoms with Gasteiger partial charge < -0.3 is 10.6 Å². The second kappa shape index (κ2) is 7.90. The Balaban J connectivity index is 1.73. The van der Waals surface area contributed by atoms with Gasteiger partial charge in [0.05, 0.1) is 12.0 Å². The minimum atomic E-state index is -4.63. The molecule has 1 aliphatic heterocycles. The van der Waals surface area contributed by atoms with E-state index in [1.165, 1.54) is 24.3 Å². The molecule has 2 atom stereocenters. The second-order valence-electron chi connectivity index (χ2n) is 7.11. The fourth-order valence-corrected chi connectivity index (χ4v) is 3.70. The van der Waals surface area contributed by atoms with Crippen molar-refractivity contribution >= 4 is 29.1 Å². The number of fused-ring (bicyclic) bond motifs is 1. The molecule has 0 unspecified atom stereocenters. The van der Waals surface area contributed by atoms with E-state index in [0.717, 1.165) is 19.1 Å². The lowest BCUT2D eigenvalue weighted by Gasteiger charge is -2.18. The average molecular weight is 468 g/mol. The fourth-order valence-electron chi connectivity index (χ4n) is 3.48. The number of rotatable bonds is 4. The van der Waals surface area contributed by atoms with E-state index in [4.69, 9.17) is 11.6 Å². The van der Waals surface area contributed by atoms with E-state index in [-0.39, 0.29) is 21.8 Å². The molecule has 2 aromatic carbocycles. The number of anilines is 1. The van der Waals surface area contributed by atoms with E-state index in [1.54, 1.807) is 0 Å². The van der Waals surface area contributed by atoms with Crippen LogP contribution < -0.4 is 10.6 Å². The number of halogens is 5. The molecule has 7 nitrogen and oxygen atoms in total. The molecule has 1 aliphatic rings. The zero-order chi connectivity index (χ0) is 23.2. The van der Waals surface area contributed by atoms with Gasteiger partial charge in [0, 0.05) is 27.4 Å². The first-order valence-electron chi connectivity index (χ1n) is 9.25. The van der Waals surface area contributed by atoms with E-state index >= 15 is 0 Å². The first kappa shape index (κ1) is 21.8. The number of aromatic nitrogens is 3.